The molecule has 5 N–H and O–H groups in total. The number of amides is 11. The summed E-state index contributed by atoms with van der Waals surface area (Å²) in [4.78, 5) is 169. The molecule has 1 aliphatic heterocycles. The fourth-order valence-electron chi connectivity index (χ4n) is 10.7. The van der Waals surface area contributed by atoms with Crippen molar-refractivity contribution in [3.05, 3.63) is 12.2 Å². The molecule has 486 valence electrons. The number of nitrogens with zero attached hydrogens (tertiary/aromatic N) is 7. The van der Waals surface area contributed by atoms with Crippen LogP contribution in [0.5, 0.6) is 0 Å². The average Bonchev–Trinajstić information content (AvgIpc) is 3.62. The smallest absolute Gasteiger partial charge is 0.246 e. The molecule has 2 unspecified atom stereocenters. The van der Waals surface area contributed by atoms with Gasteiger partial charge < -0.3 is 60.7 Å². The minimum absolute atomic E-state index is 0.0229. The Morgan fingerprint density at radius 1 is 0.459 bits per heavy atom. The van der Waals surface area contributed by atoms with Gasteiger partial charge in [0.1, 0.15) is 60.4 Å². The lowest BCUT2D eigenvalue weighted by Crippen LogP contribution is -2.63. The molecule has 1 fully saturated rings. The van der Waals surface area contributed by atoms with Crippen LogP contribution in [-0.4, -0.2) is 227 Å². The summed E-state index contributed by atoms with van der Waals surface area (Å²) in [5, 5.41) is 23.1. The van der Waals surface area contributed by atoms with Crippen molar-refractivity contribution in [1.29, 1.82) is 0 Å². The van der Waals surface area contributed by atoms with Gasteiger partial charge in [0, 0.05) is 49.3 Å². The average molecular weight is 1200 g/mol. The zero-order chi connectivity index (χ0) is 66.0. The highest BCUT2D eigenvalue weighted by molar-refractivity contribution is 5.99. The van der Waals surface area contributed by atoms with Gasteiger partial charge in [-0.25, -0.2) is 0 Å². The van der Waals surface area contributed by atoms with E-state index in [4.69, 9.17) is 0 Å². The molecule has 0 saturated carbocycles. The van der Waals surface area contributed by atoms with Crippen molar-refractivity contribution in [2.24, 2.45) is 41.4 Å². The molecule has 0 aliphatic carbocycles. The van der Waals surface area contributed by atoms with E-state index >= 15 is 9.59 Å². The normalized spacial score (nSPS) is 26.9. The van der Waals surface area contributed by atoms with Crippen LogP contribution in [0.1, 0.15) is 156 Å². The maximum Gasteiger partial charge on any atom is 0.246 e. The quantitative estimate of drug-likeness (QED) is 0.148. The Balaban J connectivity index is 4.32. The number of hydrogen-bond donors (Lipinski definition) is 5. The van der Waals surface area contributed by atoms with E-state index < -0.39 is 156 Å². The van der Waals surface area contributed by atoms with Gasteiger partial charge in [-0.05, 0) is 101 Å². The number of allylic oxidation sites excluding steroid dienone is 2. The Kier molecular flexibility index (Phi) is 31.5. The minimum atomic E-state index is -1.61. The summed E-state index contributed by atoms with van der Waals surface area (Å²) in [6, 6.07) is -12.3. The van der Waals surface area contributed by atoms with Crippen LogP contribution < -0.4 is 21.3 Å². The van der Waals surface area contributed by atoms with E-state index in [0.717, 1.165) is 9.80 Å². The molecule has 11 amide bonds. The van der Waals surface area contributed by atoms with Crippen LogP contribution in [0, 0.1) is 41.4 Å². The van der Waals surface area contributed by atoms with Gasteiger partial charge in [0.05, 0.1) is 12.6 Å². The second-order valence-corrected chi connectivity index (χ2v) is 26.1. The van der Waals surface area contributed by atoms with E-state index in [1.165, 1.54) is 87.7 Å². The summed E-state index contributed by atoms with van der Waals surface area (Å²) >= 11 is 0. The first kappa shape index (κ1) is 76.9. The highest BCUT2D eigenvalue weighted by Gasteiger charge is 2.45. The van der Waals surface area contributed by atoms with Crippen molar-refractivity contribution in [2.45, 2.75) is 223 Å². The molecule has 1 rings (SSSR count). The second-order valence-electron chi connectivity index (χ2n) is 26.1. The molecule has 1 heterocycles. The van der Waals surface area contributed by atoms with Crippen LogP contribution in [-0.2, 0) is 52.7 Å². The zero-order valence-corrected chi connectivity index (χ0v) is 56.1. The van der Waals surface area contributed by atoms with E-state index in [-0.39, 0.29) is 55.8 Å². The molecule has 0 aromatic carbocycles. The summed E-state index contributed by atoms with van der Waals surface area (Å²) < 4.78 is 0. The molecule has 0 radical (unpaired) electrons. The summed E-state index contributed by atoms with van der Waals surface area (Å²) in [6.45, 7) is 29.3. The third-order valence-electron chi connectivity index (χ3n) is 16.1. The molecular formula is C62H111N11O12. The van der Waals surface area contributed by atoms with Crippen LogP contribution in [0.3, 0.4) is 0 Å². The van der Waals surface area contributed by atoms with Crippen molar-refractivity contribution in [1.82, 2.24) is 55.6 Å². The number of hydrogen-bond acceptors (Lipinski definition) is 12. The number of carbonyl (C=O) groups excluding carboxylic acids is 11. The van der Waals surface area contributed by atoms with Crippen molar-refractivity contribution >= 4 is 65.0 Å². The molecule has 23 heteroatoms. The van der Waals surface area contributed by atoms with Gasteiger partial charge in [0.2, 0.25) is 65.0 Å². The fourth-order valence-corrected chi connectivity index (χ4v) is 10.7. The van der Waals surface area contributed by atoms with E-state index in [0.29, 0.717) is 6.42 Å². The lowest BCUT2D eigenvalue weighted by Gasteiger charge is -2.41. The molecule has 85 heavy (non-hydrogen) atoms. The first-order valence-electron chi connectivity index (χ1n) is 30.6. The number of nitrogens with one attached hydrogen (secondary N) is 4. The van der Waals surface area contributed by atoms with Gasteiger partial charge in [-0.15, -0.1) is 0 Å². The SMILES string of the molecule is C/C=C/C[C@@H](C)C(O)[C@H]1C(=O)N[C@@H](CC)C(=O)N(C)CC(=O)N(C)[C@@H](CC(C)C)C(=O)N[C@@H](C(C)C)C(=O)N(C)[C@@H](CC(C)C)C(=O)N[C@@H](C)C(=O)N[C@H](C)C(=O)N(C)[C@@H](CC(C)C)C(=O)N(C)[C@@H](CC(C)C)C(=O)N(C)C(C(C)C)C(=O)N1C. The number of rotatable bonds is 15. The van der Waals surface area contributed by atoms with E-state index in [9.17, 15) is 48.3 Å². The molecule has 0 bridgehead atoms. The third-order valence-corrected chi connectivity index (χ3v) is 16.1. The van der Waals surface area contributed by atoms with Gasteiger partial charge in [0.25, 0.3) is 0 Å². The molecule has 0 spiro atoms. The van der Waals surface area contributed by atoms with Crippen molar-refractivity contribution in [2.75, 3.05) is 55.9 Å². The highest BCUT2D eigenvalue weighted by atomic mass is 16.3. The zero-order valence-electron chi connectivity index (χ0n) is 56.1. The maximum atomic E-state index is 15.1. The van der Waals surface area contributed by atoms with E-state index in [1.807, 2.05) is 61.5 Å². The lowest BCUT2D eigenvalue weighted by molar-refractivity contribution is -0.157. The first-order chi connectivity index (χ1) is 39.2. The Labute approximate surface area is 508 Å². The molecule has 23 nitrogen and oxygen atoms in total. The van der Waals surface area contributed by atoms with Gasteiger partial charge in [0.15, 0.2) is 0 Å². The molecule has 0 aromatic heterocycles. The van der Waals surface area contributed by atoms with Crippen LogP contribution in [0.4, 0.5) is 0 Å². The fraction of sp³-hybridized carbons (Fsp3) is 0.790. The van der Waals surface area contributed by atoms with Crippen LogP contribution in [0.15, 0.2) is 12.2 Å². The van der Waals surface area contributed by atoms with Crippen molar-refractivity contribution < 1.29 is 57.8 Å². The lowest BCUT2D eigenvalue weighted by atomic mass is 9.91. The van der Waals surface area contributed by atoms with Crippen molar-refractivity contribution in [3.63, 3.8) is 0 Å². The summed E-state index contributed by atoms with van der Waals surface area (Å²) in [7, 11) is 9.92. The number of likely N-dealkylation sites (N-methyl/N-ethyl adjacent to an activating group) is 7. The minimum Gasteiger partial charge on any atom is -0.390 e. The summed E-state index contributed by atoms with van der Waals surface area (Å²) in [5.74, 6) is -9.71. The molecule has 0 aromatic rings. The summed E-state index contributed by atoms with van der Waals surface area (Å²) in [6.07, 6.45) is 3.04. The largest absolute Gasteiger partial charge is 0.390 e. The van der Waals surface area contributed by atoms with Gasteiger partial charge in [-0.1, -0.05) is 109 Å². The highest BCUT2D eigenvalue weighted by Crippen LogP contribution is 2.26. The standard InChI is InChI=1S/C62H111N11O12/c1-25-27-28-40(15)52(75)51-56(79)65-43(26-2)58(81)67(18)33-48(74)68(19)44(29-34(3)4)55(78)66-49(38(11)12)61(84)69(20)45(30-35(5)6)54(77)63-41(16)53(76)64-42(17)57(80)70(21)46(31-36(7)8)59(82)71(22)47(32-37(9)10)60(83)72(23)50(39(13)14)62(85)73(51)24/h25,27,34-47,49-52,75H,26,28-33H2,1-24H3,(H,63,77)(H,64,76)(H,65,79)(H,66,78)/b27-25+/t40-,41+,42-,43+,44+,45+,46+,47+,49+,50?,51+,52?/m1/s1. The molecule has 1 saturated heterocycles. The summed E-state index contributed by atoms with van der Waals surface area (Å²) in [5.41, 5.74) is 0. The van der Waals surface area contributed by atoms with Crippen molar-refractivity contribution in [3.8, 4) is 0 Å². The first-order valence-corrected chi connectivity index (χ1v) is 30.6. The Bertz CT molecular complexity index is 2330. The molecule has 1 aliphatic rings. The molecule has 12 atom stereocenters. The predicted octanol–water partition coefficient (Wildman–Crippen LogP) is 3.27. The van der Waals surface area contributed by atoms with E-state index in [1.54, 1.807) is 54.5 Å². The van der Waals surface area contributed by atoms with Gasteiger partial charge in [-0.2, -0.15) is 0 Å². The van der Waals surface area contributed by atoms with Gasteiger partial charge >= 0.3 is 0 Å². The predicted molar refractivity (Wildman–Crippen MR) is 328 cm³/mol. The molecular weight excluding hydrogens is 1090 g/mol. The van der Waals surface area contributed by atoms with Crippen LogP contribution >= 0.6 is 0 Å². The number of carbonyl (C=O) groups is 11. The Morgan fingerprint density at radius 2 is 0.871 bits per heavy atom. The number of aliphatic hydroxyl groups is 1. The van der Waals surface area contributed by atoms with Crippen LogP contribution in [0.2, 0.25) is 0 Å². The van der Waals surface area contributed by atoms with Crippen LogP contribution in [0.25, 0.3) is 0 Å². The van der Waals surface area contributed by atoms with E-state index in [2.05, 4.69) is 21.3 Å². The maximum absolute atomic E-state index is 15.1. The topological polar surface area (TPSA) is 279 Å². The Morgan fingerprint density at radius 3 is 1.32 bits per heavy atom. The number of aliphatic hydroxyl groups excluding tert-OH is 1. The third kappa shape index (κ3) is 21.7. The Hall–Kier alpha value is -6.13. The van der Waals surface area contributed by atoms with Gasteiger partial charge in [-0.3, -0.25) is 52.7 Å². The monoisotopic (exact) mass is 1200 g/mol. The second kappa shape index (κ2) is 34.9.